The maximum Gasteiger partial charge on any atom is 0.439 e. The van der Waals surface area contributed by atoms with Gasteiger partial charge < -0.3 is 9.47 Å². The average Bonchev–Trinajstić information content (AvgIpc) is 3.45. The molecule has 1 N–H and O–H groups in total. The van der Waals surface area contributed by atoms with Crippen molar-refractivity contribution in [2.75, 3.05) is 7.11 Å². The van der Waals surface area contributed by atoms with E-state index in [1.54, 1.807) is 42.7 Å². The normalized spacial score (nSPS) is 11.4. The molecule has 3 aromatic carbocycles. The van der Waals surface area contributed by atoms with Gasteiger partial charge in [0.2, 0.25) is 0 Å². The Balaban J connectivity index is 1.46. The Morgan fingerprint density at radius 2 is 1.66 bits per heavy atom. The lowest BCUT2D eigenvalue weighted by Crippen LogP contribution is -2.39. The Kier molecular flexibility index (Phi) is 8.61. The summed E-state index contributed by atoms with van der Waals surface area (Å²) in [5.74, 6) is 0.317. The van der Waals surface area contributed by atoms with Crippen molar-refractivity contribution in [1.29, 1.82) is 0 Å². The number of benzene rings is 3. The molecule has 0 saturated carbocycles. The van der Waals surface area contributed by atoms with Crippen LogP contribution in [0, 0.1) is 6.92 Å². The van der Waals surface area contributed by atoms with E-state index in [1.165, 1.54) is 7.11 Å². The lowest BCUT2D eigenvalue weighted by Gasteiger charge is -2.23. The fraction of sp³-hybridized carbons (Fsp3) is 0.265. The number of rotatable bonds is 10. The van der Waals surface area contributed by atoms with Crippen LogP contribution in [-0.4, -0.2) is 38.4 Å². The van der Waals surface area contributed by atoms with Crippen LogP contribution in [0.5, 0.6) is 5.75 Å². The van der Waals surface area contributed by atoms with Crippen molar-refractivity contribution in [1.82, 2.24) is 19.7 Å². The van der Waals surface area contributed by atoms with Crippen molar-refractivity contribution < 1.29 is 18.8 Å². The van der Waals surface area contributed by atoms with Gasteiger partial charge in [-0.3, -0.25) is 18.9 Å². The number of nitrogens with one attached hydrogen (secondary N) is 1. The van der Waals surface area contributed by atoms with Crippen molar-refractivity contribution in [3.8, 4) is 34.0 Å². The van der Waals surface area contributed by atoms with Gasteiger partial charge >= 0.3 is 11.7 Å². The number of hydrogen-bond donors (Lipinski definition) is 1. The molecule has 10 heteroatoms. The third-order valence-electron chi connectivity index (χ3n) is 7.33. The number of aromatic amines is 1. The Bertz CT molecular complexity index is 1900. The van der Waals surface area contributed by atoms with E-state index >= 15 is 0 Å². The molecule has 0 spiro atoms. The van der Waals surface area contributed by atoms with Gasteiger partial charge in [-0.25, -0.2) is 14.6 Å². The van der Waals surface area contributed by atoms with Crippen molar-refractivity contribution in [2.45, 2.75) is 52.6 Å². The van der Waals surface area contributed by atoms with Crippen molar-refractivity contribution >= 4 is 5.97 Å². The highest BCUT2D eigenvalue weighted by molar-refractivity contribution is 5.80. The van der Waals surface area contributed by atoms with E-state index in [0.29, 0.717) is 41.5 Å². The van der Waals surface area contributed by atoms with Gasteiger partial charge in [0.25, 0.3) is 5.56 Å². The maximum absolute atomic E-state index is 14.0. The summed E-state index contributed by atoms with van der Waals surface area (Å²) in [4.78, 5) is 45.0. The summed E-state index contributed by atoms with van der Waals surface area (Å²) in [5.41, 5.74) is 4.30. The highest BCUT2D eigenvalue weighted by atomic mass is 16.6. The molecule has 5 rings (SSSR count). The zero-order chi connectivity index (χ0) is 31.4. The number of carbonyl (C=O) groups excluding carboxylic acids is 1. The molecule has 2 heterocycles. The zero-order valence-corrected chi connectivity index (χ0v) is 25.3. The lowest BCUT2D eigenvalue weighted by atomic mass is 9.96. The molecule has 0 saturated heterocycles. The molecule has 10 nitrogen and oxygen atoms in total. The van der Waals surface area contributed by atoms with E-state index < -0.39 is 17.3 Å². The number of aromatic nitrogens is 4. The van der Waals surface area contributed by atoms with Crippen LogP contribution in [0.3, 0.4) is 0 Å². The number of hydrogen-bond acceptors (Lipinski definition) is 8. The van der Waals surface area contributed by atoms with Crippen molar-refractivity contribution in [3.63, 3.8) is 0 Å². The van der Waals surface area contributed by atoms with Gasteiger partial charge in [0.05, 0.1) is 18.5 Å². The monoisotopic (exact) mass is 594 g/mol. The second kappa shape index (κ2) is 12.5. The van der Waals surface area contributed by atoms with E-state index in [9.17, 15) is 14.4 Å². The third kappa shape index (κ3) is 6.24. The van der Waals surface area contributed by atoms with Gasteiger partial charge in [0, 0.05) is 17.5 Å². The molecule has 0 aliphatic heterocycles. The summed E-state index contributed by atoms with van der Waals surface area (Å²) < 4.78 is 17.0. The molecule has 2 aromatic heterocycles. The highest BCUT2D eigenvalue weighted by Crippen LogP contribution is 2.30. The molecule has 0 radical (unpaired) electrons. The molecule has 0 atom stereocenters. The van der Waals surface area contributed by atoms with Crippen LogP contribution in [0.2, 0.25) is 0 Å². The van der Waals surface area contributed by atoms with E-state index in [2.05, 4.69) is 17.1 Å². The Morgan fingerprint density at radius 1 is 0.977 bits per heavy atom. The minimum absolute atomic E-state index is 0.131. The van der Waals surface area contributed by atoms with Crippen LogP contribution < -0.4 is 16.1 Å². The number of carbonyl (C=O) groups is 1. The van der Waals surface area contributed by atoms with E-state index in [1.807, 2.05) is 55.5 Å². The van der Waals surface area contributed by atoms with Gasteiger partial charge in [-0.2, -0.15) is 0 Å². The first-order chi connectivity index (χ1) is 21.1. The first-order valence-electron chi connectivity index (χ1n) is 14.3. The second-order valence-electron chi connectivity index (χ2n) is 10.9. The van der Waals surface area contributed by atoms with Gasteiger partial charge in [0.1, 0.15) is 11.6 Å². The molecule has 0 bridgehead atoms. The minimum atomic E-state index is -1.16. The molecule has 0 aliphatic rings. The number of H-pyrrole nitrogens is 1. The first kappa shape index (κ1) is 30.2. The summed E-state index contributed by atoms with van der Waals surface area (Å²) in [7, 11) is 1.32. The average molecular weight is 595 g/mol. The minimum Gasteiger partial charge on any atom is -0.476 e. The quantitative estimate of drug-likeness (QED) is 0.212. The topological polar surface area (TPSA) is 129 Å². The number of ether oxygens (including phenoxy) is 2. The van der Waals surface area contributed by atoms with Crippen molar-refractivity contribution in [2.24, 2.45) is 0 Å². The van der Waals surface area contributed by atoms with Crippen molar-refractivity contribution in [3.05, 3.63) is 116 Å². The van der Waals surface area contributed by atoms with Crippen LogP contribution in [0.4, 0.5) is 0 Å². The standard InChI is InChI=1S/C34H34N4O6/c1-6-9-29-28(20-22-12-14-23(15-13-22)26-10-7-8-11-27(26)30-36-33(41)44-37-30)31(39)38(21(2)35-29)24-16-18-25(19-17-24)43-34(3,4)32(40)42-5/h7-8,10-19H,6,9,20H2,1-5H3,(H,36,37,41). The maximum atomic E-state index is 14.0. The van der Waals surface area contributed by atoms with Gasteiger partial charge in [0.15, 0.2) is 11.4 Å². The zero-order valence-electron chi connectivity index (χ0n) is 25.3. The highest BCUT2D eigenvalue weighted by Gasteiger charge is 2.31. The molecule has 5 aromatic rings. The summed E-state index contributed by atoms with van der Waals surface area (Å²) in [6.45, 7) is 7.15. The van der Waals surface area contributed by atoms with E-state index in [-0.39, 0.29) is 5.56 Å². The van der Waals surface area contributed by atoms with Gasteiger partial charge in [-0.1, -0.05) is 67.0 Å². The number of esters is 1. The molecular weight excluding hydrogens is 560 g/mol. The van der Waals surface area contributed by atoms with E-state index in [0.717, 1.165) is 34.4 Å². The summed E-state index contributed by atoms with van der Waals surface area (Å²) in [5, 5.41) is 3.84. The Labute approximate surface area is 254 Å². The predicted molar refractivity (Wildman–Crippen MR) is 166 cm³/mol. The lowest BCUT2D eigenvalue weighted by molar-refractivity contribution is -0.156. The molecule has 226 valence electrons. The fourth-order valence-electron chi connectivity index (χ4n) is 5.18. The first-order valence-corrected chi connectivity index (χ1v) is 14.3. The molecule has 0 amide bonds. The smallest absolute Gasteiger partial charge is 0.439 e. The molecule has 0 aliphatic carbocycles. The van der Waals surface area contributed by atoms with Crippen LogP contribution in [0.25, 0.3) is 28.2 Å². The Morgan fingerprint density at radius 3 is 2.27 bits per heavy atom. The fourth-order valence-corrected chi connectivity index (χ4v) is 5.18. The number of aryl methyl sites for hydroxylation is 2. The second-order valence-corrected chi connectivity index (χ2v) is 10.9. The third-order valence-corrected chi connectivity index (χ3v) is 7.33. The van der Waals surface area contributed by atoms with Crippen LogP contribution in [-0.2, 0) is 22.4 Å². The molecule has 0 fully saturated rings. The number of nitrogens with zero attached hydrogens (tertiary/aromatic N) is 3. The summed E-state index contributed by atoms with van der Waals surface area (Å²) >= 11 is 0. The number of methoxy groups -OCH3 is 1. The van der Waals surface area contributed by atoms with E-state index in [4.69, 9.17) is 19.0 Å². The van der Waals surface area contributed by atoms with Crippen LogP contribution in [0.1, 0.15) is 49.8 Å². The van der Waals surface area contributed by atoms with Gasteiger partial charge in [-0.15, -0.1) is 0 Å². The summed E-state index contributed by atoms with van der Waals surface area (Å²) in [6.07, 6.45) is 1.95. The molecular formula is C34H34N4O6. The predicted octanol–water partition coefficient (Wildman–Crippen LogP) is 5.42. The molecule has 0 unspecified atom stereocenters. The van der Waals surface area contributed by atoms with Crippen LogP contribution >= 0.6 is 0 Å². The molecule has 44 heavy (non-hydrogen) atoms. The summed E-state index contributed by atoms with van der Waals surface area (Å²) in [6, 6.07) is 22.6. The SMILES string of the molecule is CCCc1nc(C)n(-c2ccc(OC(C)(C)C(=O)OC)cc2)c(=O)c1Cc1ccc(-c2ccccc2-c2noc(=O)[nH]2)cc1. The Hall–Kier alpha value is -5.25. The van der Waals surface area contributed by atoms with Gasteiger partial charge in [-0.05, 0) is 68.1 Å². The largest absolute Gasteiger partial charge is 0.476 e. The van der Waals surface area contributed by atoms with Crippen LogP contribution in [0.15, 0.2) is 86.9 Å².